The van der Waals surface area contributed by atoms with Gasteiger partial charge >= 0.3 is 0 Å². The van der Waals surface area contributed by atoms with Crippen molar-refractivity contribution in [3.63, 3.8) is 0 Å². The molecule has 1 atom stereocenters. The van der Waals surface area contributed by atoms with Crippen molar-refractivity contribution in [2.24, 2.45) is 11.1 Å². The van der Waals surface area contributed by atoms with Gasteiger partial charge in [0.2, 0.25) is 0 Å². The van der Waals surface area contributed by atoms with E-state index in [1.807, 2.05) is 24.4 Å². The normalized spacial score (nSPS) is 19.6. The number of primary amides is 1. The molecule has 1 unspecified atom stereocenters. The molecular weight excluding hydrogens is 508 g/mol. The maximum Gasteiger partial charge on any atom is 0.252 e. The maximum absolute atomic E-state index is 12.2. The van der Waals surface area contributed by atoms with Crippen LogP contribution in [0.1, 0.15) is 65.8 Å². The van der Waals surface area contributed by atoms with Crippen LogP contribution in [0.2, 0.25) is 0 Å². The Hall–Kier alpha value is -3.76. The highest BCUT2D eigenvalue weighted by molar-refractivity contribution is 5.96. The lowest BCUT2D eigenvalue weighted by molar-refractivity contribution is -0.0353. The van der Waals surface area contributed by atoms with E-state index in [0.29, 0.717) is 23.7 Å². The molecule has 1 aliphatic carbocycles. The smallest absolute Gasteiger partial charge is 0.252 e. The quantitative estimate of drug-likeness (QED) is 0.414. The summed E-state index contributed by atoms with van der Waals surface area (Å²) in [5.41, 5.74) is 9.35. The third-order valence-electron chi connectivity index (χ3n) is 8.24. The van der Waals surface area contributed by atoms with Crippen molar-refractivity contribution < 1.29 is 19.0 Å². The third kappa shape index (κ3) is 4.86. The predicted octanol–water partition coefficient (Wildman–Crippen LogP) is 3.77. The van der Waals surface area contributed by atoms with Crippen LogP contribution in [-0.4, -0.2) is 60.3 Å². The summed E-state index contributed by atoms with van der Waals surface area (Å²) in [6.45, 7) is 7.31. The van der Waals surface area contributed by atoms with Crippen LogP contribution < -0.4 is 25.4 Å². The Kier molecular flexibility index (Phi) is 7.06. The molecule has 1 spiro atoms. The third-order valence-corrected chi connectivity index (χ3v) is 8.24. The number of pyridine rings is 1. The first-order chi connectivity index (χ1) is 19.4. The fourth-order valence-corrected chi connectivity index (χ4v) is 6.33. The van der Waals surface area contributed by atoms with Crippen molar-refractivity contribution in [2.45, 2.75) is 51.2 Å². The molecule has 0 radical (unpaired) electrons. The number of fused-ring (bicyclic) bond motifs is 1. The summed E-state index contributed by atoms with van der Waals surface area (Å²) in [4.78, 5) is 27.7. The molecule has 3 aliphatic rings. The Bertz CT molecular complexity index is 1400. The zero-order valence-corrected chi connectivity index (χ0v) is 23.2. The van der Waals surface area contributed by atoms with Crippen LogP contribution in [-0.2, 0) is 11.2 Å². The predicted molar refractivity (Wildman–Crippen MR) is 150 cm³/mol. The van der Waals surface area contributed by atoms with Crippen molar-refractivity contribution in [2.75, 3.05) is 38.3 Å². The Labute approximate surface area is 234 Å². The van der Waals surface area contributed by atoms with E-state index in [2.05, 4.69) is 39.0 Å². The molecule has 2 aliphatic heterocycles. The second-order valence-electron chi connectivity index (χ2n) is 11.4. The standard InChI is InChI=1S/C30H36N6O4/c1-18(2)20-5-4-6-21(28(31)37)27(20)40-25-13-32-17-35-29(25)36-15-30(16-36)11-19(12-30)39-24-8-10-33-22-7-9-34-23(14-38-3)26(22)24/h4-6,8,10,13,17-19,23,34H,7,9,11-12,14-16H2,1-3H3,(H2,31,37). The largest absolute Gasteiger partial charge is 0.490 e. The van der Waals surface area contributed by atoms with Gasteiger partial charge in [0, 0.05) is 50.3 Å². The van der Waals surface area contributed by atoms with Crippen molar-refractivity contribution in [3.05, 3.63) is 65.4 Å². The first kappa shape index (κ1) is 26.5. The average Bonchev–Trinajstić information content (AvgIpc) is 2.90. The van der Waals surface area contributed by atoms with Crippen molar-refractivity contribution >= 4 is 11.7 Å². The molecule has 10 heteroatoms. The van der Waals surface area contributed by atoms with Crippen molar-refractivity contribution in [3.8, 4) is 17.2 Å². The van der Waals surface area contributed by atoms with E-state index in [4.69, 9.17) is 19.9 Å². The summed E-state index contributed by atoms with van der Waals surface area (Å²) in [6.07, 6.45) is 8.04. The van der Waals surface area contributed by atoms with E-state index in [9.17, 15) is 4.79 Å². The van der Waals surface area contributed by atoms with Gasteiger partial charge in [0.1, 0.15) is 23.9 Å². The molecule has 1 saturated carbocycles. The summed E-state index contributed by atoms with van der Waals surface area (Å²) >= 11 is 0. The highest BCUT2D eigenvalue weighted by Crippen LogP contribution is 2.52. The first-order valence-corrected chi connectivity index (χ1v) is 13.9. The molecule has 1 amide bonds. The average molecular weight is 545 g/mol. The number of para-hydroxylation sites is 1. The number of hydrogen-bond acceptors (Lipinski definition) is 9. The minimum absolute atomic E-state index is 0.0952. The van der Waals surface area contributed by atoms with Gasteiger partial charge in [-0.3, -0.25) is 9.78 Å². The summed E-state index contributed by atoms with van der Waals surface area (Å²) in [6, 6.07) is 7.55. The van der Waals surface area contributed by atoms with E-state index in [1.165, 1.54) is 6.33 Å². The molecule has 3 N–H and O–H groups in total. The van der Waals surface area contributed by atoms with E-state index >= 15 is 0 Å². The fourth-order valence-electron chi connectivity index (χ4n) is 6.33. The number of aromatic nitrogens is 3. The van der Waals surface area contributed by atoms with Gasteiger partial charge in [-0.1, -0.05) is 26.0 Å². The molecule has 40 heavy (non-hydrogen) atoms. The summed E-state index contributed by atoms with van der Waals surface area (Å²) in [7, 11) is 1.72. The highest BCUT2D eigenvalue weighted by Gasteiger charge is 2.54. The first-order valence-electron chi connectivity index (χ1n) is 13.9. The van der Waals surface area contributed by atoms with Crippen LogP contribution in [0.4, 0.5) is 5.82 Å². The Morgan fingerprint density at radius 1 is 1.20 bits per heavy atom. The van der Waals surface area contributed by atoms with Gasteiger partial charge < -0.3 is 30.2 Å². The Morgan fingerprint density at radius 3 is 2.77 bits per heavy atom. The summed E-state index contributed by atoms with van der Waals surface area (Å²) in [5.74, 6) is 2.23. The summed E-state index contributed by atoms with van der Waals surface area (Å²) in [5, 5.41) is 3.53. The number of carbonyl (C=O) groups excluding carboxylic acids is 1. The van der Waals surface area contributed by atoms with Gasteiger partial charge in [-0.05, 0) is 36.5 Å². The Balaban J connectivity index is 1.13. The molecule has 1 saturated heterocycles. The molecule has 4 heterocycles. The van der Waals surface area contributed by atoms with Crippen LogP contribution in [0.15, 0.2) is 43.0 Å². The second-order valence-corrected chi connectivity index (χ2v) is 11.4. The van der Waals surface area contributed by atoms with E-state index in [0.717, 1.165) is 67.3 Å². The van der Waals surface area contributed by atoms with Crippen LogP contribution in [0.5, 0.6) is 17.2 Å². The zero-order valence-electron chi connectivity index (χ0n) is 23.2. The molecule has 6 rings (SSSR count). The van der Waals surface area contributed by atoms with E-state index in [1.54, 1.807) is 19.4 Å². The number of nitrogens with one attached hydrogen (secondary N) is 1. The molecule has 1 aromatic carbocycles. The second kappa shape index (κ2) is 10.7. The molecule has 0 bridgehead atoms. The maximum atomic E-state index is 12.2. The molecule has 2 aromatic heterocycles. The SMILES string of the molecule is COCC1NCCc2nccc(OC3CC4(C3)CN(c3ncncc3Oc3c(C(N)=O)cccc3C(C)C)C4)c21. The van der Waals surface area contributed by atoms with Crippen LogP contribution in [0, 0.1) is 5.41 Å². The molecule has 210 valence electrons. The molecule has 2 fully saturated rings. The van der Waals surface area contributed by atoms with Gasteiger partial charge in [-0.15, -0.1) is 0 Å². The Morgan fingerprint density at radius 2 is 2.02 bits per heavy atom. The summed E-state index contributed by atoms with van der Waals surface area (Å²) < 4.78 is 18.3. The van der Waals surface area contributed by atoms with Gasteiger partial charge in [0.15, 0.2) is 11.6 Å². The number of carbonyl (C=O) groups is 1. The van der Waals surface area contributed by atoms with E-state index < -0.39 is 5.91 Å². The van der Waals surface area contributed by atoms with Crippen LogP contribution in [0.3, 0.4) is 0 Å². The number of benzene rings is 1. The van der Waals surface area contributed by atoms with Gasteiger partial charge in [-0.25, -0.2) is 9.97 Å². The number of nitrogens with two attached hydrogens (primary N) is 1. The van der Waals surface area contributed by atoms with Crippen molar-refractivity contribution in [1.82, 2.24) is 20.3 Å². The monoisotopic (exact) mass is 544 g/mol. The minimum atomic E-state index is -0.529. The zero-order chi connectivity index (χ0) is 27.9. The number of nitrogens with zero attached hydrogens (tertiary/aromatic N) is 4. The van der Waals surface area contributed by atoms with Crippen LogP contribution in [0.25, 0.3) is 0 Å². The van der Waals surface area contributed by atoms with Crippen LogP contribution >= 0.6 is 0 Å². The van der Waals surface area contributed by atoms with Gasteiger partial charge in [-0.2, -0.15) is 0 Å². The lowest BCUT2D eigenvalue weighted by atomic mass is 9.61. The van der Waals surface area contributed by atoms with Crippen molar-refractivity contribution in [1.29, 1.82) is 0 Å². The number of hydrogen-bond donors (Lipinski definition) is 2. The number of rotatable bonds is 9. The highest BCUT2D eigenvalue weighted by atomic mass is 16.5. The topological polar surface area (TPSA) is 125 Å². The van der Waals surface area contributed by atoms with Gasteiger partial charge in [0.05, 0.1) is 30.1 Å². The minimum Gasteiger partial charge on any atom is -0.490 e. The molecule has 3 aromatic rings. The number of ether oxygens (including phenoxy) is 3. The van der Waals surface area contributed by atoms with E-state index in [-0.39, 0.29) is 23.5 Å². The number of anilines is 1. The lowest BCUT2D eigenvalue weighted by Crippen LogP contribution is -2.65. The van der Waals surface area contributed by atoms with Gasteiger partial charge in [0.25, 0.3) is 5.91 Å². The fraction of sp³-hybridized carbons (Fsp3) is 0.467. The molecular formula is C30H36N6O4. The lowest BCUT2D eigenvalue weighted by Gasteiger charge is -2.59. The number of methoxy groups -OCH3 is 1. The number of amides is 1. The molecule has 10 nitrogen and oxygen atoms in total.